The Morgan fingerprint density at radius 3 is 1.36 bits per heavy atom. The fourth-order valence-corrected chi connectivity index (χ4v) is 3.73. The maximum absolute atomic E-state index is 10.3. The molecule has 0 radical (unpaired) electrons. The summed E-state index contributed by atoms with van der Waals surface area (Å²) in [6.45, 7) is 7.50. The Morgan fingerprint density at radius 1 is 0.760 bits per heavy atom. The summed E-state index contributed by atoms with van der Waals surface area (Å²) >= 11 is 0. The molecule has 0 amide bonds. The first kappa shape index (κ1) is 27.4. The Hall–Kier alpha value is 0.180. The van der Waals surface area contributed by atoms with Crippen molar-refractivity contribution < 1.29 is 33.2 Å². The van der Waals surface area contributed by atoms with Crippen LogP contribution in [0.1, 0.15) is 39.0 Å². The zero-order chi connectivity index (χ0) is 20.0. The third kappa shape index (κ3) is 22.1. The van der Waals surface area contributed by atoms with E-state index < -0.39 is 15.2 Å². The molecule has 25 heavy (non-hydrogen) atoms. The van der Waals surface area contributed by atoms with Gasteiger partial charge in [-0.2, -0.15) is 0 Å². The molecule has 9 nitrogen and oxygen atoms in total. The Bertz CT molecular complexity index is 381. The van der Waals surface area contributed by atoms with Gasteiger partial charge in [0.05, 0.1) is 26.7 Å². The van der Waals surface area contributed by atoms with Crippen molar-refractivity contribution in [1.82, 2.24) is 0 Å². The molecule has 0 atom stereocenters. The highest BCUT2D eigenvalue weighted by Crippen LogP contribution is 2.38. The van der Waals surface area contributed by atoms with E-state index in [4.69, 9.17) is 31.0 Å². The van der Waals surface area contributed by atoms with Crippen molar-refractivity contribution in [1.29, 1.82) is 0 Å². The average Bonchev–Trinajstić information content (AvgIpc) is 2.47. The van der Waals surface area contributed by atoms with E-state index in [-0.39, 0.29) is 25.2 Å². The number of unbranched alkanes of at least 4 members (excludes halogenated alkanes) is 1. The van der Waals surface area contributed by atoms with E-state index in [1.165, 1.54) is 26.1 Å². The van der Waals surface area contributed by atoms with Crippen LogP contribution in [0, 0.1) is 0 Å². The molecule has 0 aliphatic carbocycles. The van der Waals surface area contributed by atoms with Crippen LogP contribution in [-0.4, -0.2) is 76.2 Å². The molecule has 0 aliphatic heterocycles. The van der Waals surface area contributed by atoms with Gasteiger partial charge in [-0.25, -0.2) is 0 Å². The fraction of sp³-hybridized carbons (Fsp3) is 1.00. The van der Waals surface area contributed by atoms with Crippen LogP contribution in [0.2, 0.25) is 0 Å². The highest BCUT2D eigenvalue weighted by Gasteiger charge is 2.18. The van der Waals surface area contributed by atoms with Crippen LogP contribution in [0.4, 0.5) is 0 Å². The van der Waals surface area contributed by atoms with Gasteiger partial charge >= 0.3 is 15.2 Å². The molecule has 0 bridgehead atoms. The predicted octanol–water partition coefficient (Wildman–Crippen LogP) is 0.663. The van der Waals surface area contributed by atoms with Gasteiger partial charge in [-0.3, -0.25) is 9.13 Å². The minimum absolute atomic E-state index is 0.134. The number of hydrogen-bond donors (Lipinski definition) is 6. The van der Waals surface area contributed by atoms with Gasteiger partial charge in [0.1, 0.15) is 0 Å². The Morgan fingerprint density at radius 2 is 1.12 bits per heavy atom. The van der Waals surface area contributed by atoms with Crippen molar-refractivity contribution in [2.24, 2.45) is 11.5 Å². The number of hydrogen-bond acceptors (Lipinski definition) is 4. The van der Waals surface area contributed by atoms with Crippen molar-refractivity contribution in [2.45, 2.75) is 39.0 Å². The second kappa shape index (κ2) is 14.3. The highest BCUT2D eigenvalue weighted by molar-refractivity contribution is 7.52. The number of nitrogens with two attached hydrogens (primary N) is 2. The highest BCUT2D eigenvalue weighted by atomic mass is 31.2. The molecule has 0 aliphatic rings. The lowest BCUT2D eigenvalue weighted by Gasteiger charge is -2.34. The first-order valence-corrected chi connectivity index (χ1v) is 12.3. The topological polar surface area (TPSA) is 167 Å². The van der Waals surface area contributed by atoms with E-state index in [9.17, 15) is 9.13 Å². The molecule has 0 aromatic rings. The molecule has 154 valence electrons. The van der Waals surface area contributed by atoms with Gasteiger partial charge < -0.3 is 35.5 Å². The zero-order valence-electron chi connectivity index (χ0n) is 15.6. The summed E-state index contributed by atoms with van der Waals surface area (Å²) in [7, 11) is -5.69. The number of rotatable bonds is 13. The molecule has 8 N–H and O–H groups in total. The molecule has 11 heteroatoms. The van der Waals surface area contributed by atoms with Gasteiger partial charge in [-0.1, -0.05) is 6.92 Å². The lowest BCUT2D eigenvalue weighted by Crippen LogP contribution is -2.47. The summed E-state index contributed by atoms with van der Waals surface area (Å²) in [5.74, 6) is 0. The molecule has 0 saturated heterocycles. The summed E-state index contributed by atoms with van der Waals surface area (Å²) in [4.78, 5) is 33.5. The van der Waals surface area contributed by atoms with Gasteiger partial charge in [0.15, 0.2) is 0 Å². The van der Waals surface area contributed by atoms with Gasteiger partial charge in [0.25, 0.3) is 0 Å². The van der Waals surface area contributed by atoms with Crippen molar-refractivity contribution in [3.8, 4) is 0 Å². The summed E-state index contributed by atoms with van der Waals surface area (Å²) < 4.78 is 21.7. The Balaban J connectivity index is 0. The van der Waals surface area contributed by atoms with Gasteiger partial charge in [0.2, 0.25) is 0 Å². The first-order chi connectivity index (χ1) is 11.4. The van der Waals surface area contributed by atoms with Crippen LogP contribution >= 0.6 is 15.2 Å². The zero-order valence-corrected chi connectivity index (χ0v) is 17.4. The van der Waals surface area contributed by atoms with E-state index in [0.29, 0.717) is 0 Å². The SMILES string of the molecule is CCC[N+](C)(CCCN)CCCN.O=P(O)(O)CCCCP(=O)(O)O. The Labute approximate surface area is 151 Å². The molecule has 0 saturated carbocycles. The summed E-state index contributed by atoms with van der Waals surface area (Å²) in [6.07, 6.45) is 3.14. The van der Waals surface area contributed by atoms with Crippen molar-refractivity contribution in [2.75, 3.05) is 52.1 Å². The summed E-state index contributed by atoms with van der Waals surface area (Å²) in [6, 6.07) is 0. The fourth-order valence-electron chi connectivity index (χ4n) is 2.46. The van der Waals surface area contributed by atoms with E-state index >= 15 is 0 Å². The number of nitrogens with zero attached hydrogens (tertiary/aromatic N) is 1. The lowest BCUT2D eigenvalue weighted by molar-refractivity contribution is -0.909. The molecule has 0 spiro atoms. The van der Waals surface area contributed by atoms with Crippen LogP contribution in [-0.2, 0) is 9.13 Å². The first-order valence-electron chi connectivity index (χ1n) is 8.72. The normalized spacial score (nSPS) is 12.6. The smallest absolute Gasteiger partial charge is 0.325 e. The minimum Gasteiger partial charge on any atom is -0.330 e. The van der Waals surface area contributed by atoms with Crippen molar-refractivity contribution in [3.63, 3.8) is 0 Å². The Kier molecular flexibility index (Phi) is 15.6. The largest absolute Gasteiger partial charge is 0.330 e. The average molecular weight is 406 g/mol. The predicted molar refractivity (Wildman–Crippen MR) is 101 cm³/mol. The second-order valence-corrected chi connectivity index (χ2v) is 10.1. The second-order valence-electron chi connectivity index (χ2n) is 6.56. The van der Waals surface area contributed by atoms with Crippen LogP contribution in [0.3, 0.4) is 0 Å². The third-order valence-corrected chi connectivity index (χ3v) is 5.51. The molecular weight excluding hydrogens is 368 g/mol. The van der Waals surface area contributed by atoms with Crippen LogP contribution in [0.15, 0.2) is 0 Å². The van der Waals surface area contributed by atoms with Gasteiger partial charge in [-0.05, 0) is 32.4 Å². The lowest BCUT2D eigenvalue weighted by atomic mass is 10.2. The summed E-state index contributed by atoms with van der Waals surface area (Å²) in [5.41, 5.74) is 11.1. The van der Waals surface area contributed by atoms with E-state index in [1.54, 1.807) is 0 Å². The van der Waals surface area contributed by atoms with Crippen LogP contribution < -0.4 is 11.5 Å². The molecule has 0 aromatic carbocycles. The molecule has 0 heterocycles. The van der Waals surface area contributed by atoms with Gasteiger partial charge in [-0.15, -0.1) is 0 Å². The summed E-state index contributed by atoms with van der Waals surface area (Å²) in [5, 5.41) is 0. The van der Waals surface area contributed by atoms with Crippen LogP contribution in [0.25, 0.3) is 0 Å². The third-order valence-electron chi connectivity index (χ3n) is 3.72. The van der Waals surface area contributed by atoms with Gasteiger partial charge in [0, 0.05) is 25.2 Å². The monoisotopic (exact) mass is 406 g/mol. The molecule has 0 rings (SSSR count). The van der Waals surface area contributed by atoms with Crippen molar-refractivity contribution >= 4 is 15.2 Å². The van der Waals surface area contributed by atoms with E-state index in [2.05, 4.69) is 14.0 Å². The molecular formula is C14H38N3O6P2+. The van der Waals surface area contributed by atoms with Crippen LogP contribution in [0.5, 0.6) is 0 Å². The van der Waals surface area contributed by atoms with E-state index in [0.717, 1.165) is 30.4 Å². The molecule has 0 fully saturated rings. The quantitative estimate of drug-likeness (QED) is 0.147. The standard InChI is InChI=1S/C10H26N3.C4H12O6P2/c1-3-8-13(2,9-4-6-11)10-5-7-12;5-11(6,7)3-1-2-4-12(8,9)10/h3-12H2,1-2H3;1-4H2,(H2,5,6,7)(H2,8,9,10)/q+1;. The van der Waals surface area contributed by atoms with Crippen molar-refractivity contribution in [3.05, 3.63) is 0 Å². The molecule has 0 aromatic heterocycles. The minimum atomic E-state index is -4.00. The molecule has 0 unspecified atom stereocenters. The van der Waals surface area contributed by atoms with E-state index in [1.807, 2.05) is 0 Å². The maximum Gasteiger partial charge on any atom is 0.325 e. The maximum atomic E-state index is 10.3. The number of quaternary nitrogens is 1.